The highest BCUT2D eigenvalue weighted by atomic mass is 16.6. The summed E-state index contributed by atoms with van der Waals surface area (Å²) in [5, 5.41) is 13.9. The maximum atomic E-state index is 10.6. The molecule has 2 rings (SSSR count). The molecule has 110 valence electrons. The molecule has 1 atom stereocenters. The van der Waals surface area contributed by atoms with Gasteiger partial charge in [0.1, 0.15) is 11.5 Å². The molecule has 5 nitrogen and oxygen atoms in total. The summed E-state index contributed by atoms with van der Waals surface area (Å²) in [5.41, 5.74) is 1.21. The zero-order valence-electron chi connectivity index (χ0n) is 12.1. The van der Waals surface area contributed by atoms with Crippen LogP contribution in [0.1, 0.15) is 24.9 Å². The summed E-state index contributed by atoms with van der Waals surface area (Å²) < 4.78 is 5.74. The van der Waals surface area contributed by atoms with E-state index in [0.29, 0.717) is 5.75 Å². The van der Waals surface area contributed by atoms with E-state index < -0.39 is 4.92 Å². The van der Waals surface area contributed by atoms with Crippen LogP contribution in [0.25, 0.3) is 0 Å². The van der Waals surface area contributed by atoms with Crippen LogP contribution in [0.15, 0.2) is 48.5 Å². The smallest absolute Gasteiger partial charge is 0.269 e. The Labute approximate surface area is 123 Å². The first-order chi connectivity index (χ1) is 10.1. The predicted molar refractivity (Wildman–Crippen MR) is 81.7 cm³/mol. The van der Waals surface area contributed by atoms with Gasteiger partial charge in [0, 0.05) is 18.2 Å². The zero-order valence-corrected chi connectivity index (χ0v) is 12.1. The predicted octanol–water partition coefficient (Wildman–Crippen LogP) is 4.06. The quantitative estimate of drug-likeness (QED) is 0.642. The highest BCUT2D eigenvalue weighted by Gasteiger charge is 2.08. The summed E-state index contributed by atoms with van der Waals surface area (Å²) in [7, 11) is 1.93. The molecule has 0 aliphatic heterocycles. The molecule has 1 N–H and O–H groups in total. The maximum Gasteiger partial charge on any atom is 0.269 e. The van der Waals surface area contributed by atoms with E-state index in [4.69, 9.17) is 4.74 Å². The Morgan fingerprint density at radius 1 is 1.19 bits per heavy atom. The lowest BCUT2D eigenvalue weighted by molar-refractivity contribution is -0.384. The van der Waals surface area contributed by atoms with Crippen LogP contribution in [0, 0.1) is 10.1 Å². The number of nitrogens with one attached hydrogen (secondary N) is 1. The van der Waals surface area contributed by atoms with Gasteiger partial charge in [-0.3, -0.25) is 10.1 Å². The molecule has 0 fully saturated rings. The van der Waals surface area contributed by atoms with Gasteiger partial charge in [0.05, 0.1) is 4.92 Å². The number of nitrogens with zero attached hydrogens (tertiary/aromatic N) is 1. The first-order valence-corrected chi connectivity index (χ1v) is 6.83. The number of nitro benzene ring substituents is 1. The van der Waals surface area contributed by atoms with Crippen LogP contribution in [-0.4, -0.2) is 12.0 Å². The molecule has 0 spiro atoms. The molecule has 0 amide bonds. The number of benzene rings is 2. The Morgan fingerprint density at radius 2 is 1.90 bits per heavy atom. The summed E-state index contributed by atoms with van der Waals surface area (Å²) in [5.74, 6) is 1.30. The second kappa shape index (κ2) is 6.85. The molecule has 0 aromatic heterocycles. The number of nitro groups is 1. The van der Waals surface area contributed by atoms with Gasteiger partial charge in [0.2, 0.25) is 0 Å². The fourth-order valence-electron chi connectivity index (χ4n) is 2.17. The number of non-ortho nitro benzene ring substituents is 1. The van der Waals surface area contributed by atoms with Crippen LogP contribution >= 0.6 is 0 Å². The van der Waals surface area contributed by atoms with Gasteiger partial charge in [-0.25, -0.2) is 0 Å². The fourth-order valence-corrected chi connectivity index (χ4v) is 2.17. The lowest BCUT2D eigenvalue weighted by Gasteiger charge is -2.15. The number of hydrogen-bond donors (Lipinski definition) is 1. The SMILES string of the molecule is CCC(NC)c1cccc(Oc2ccc([N+](=O)[O-])cc2)c1. The normalized spacial score (nSPS) is 11.9. The summed E-state index contributed by atoms with van der Waals surface area (Å²) >= 11 is 0. The molecular weight excluding hydrogens is 268 g/mol. The van der Waals surface area contributed by atoms with E-state index in [-0.39, 0.29) is 11.7 Å². The van der Waals surface area contributed by atoms with Crippen LogP contribution in [-0.2, 0) is 0 Å². The third-order valence-corrected chi connectivity index (χ3v) is 3.30. The van der Waals surface area contributed by atoms with Crippen molar-refractivity contribution < 1.29 is 9.66 Å². The van der Waals surface area contributed by atoms with E-state index in [1.807, 2.05) is 31.3 Å². The monoisotopic (exact) mass is 286 g/mol. The molecule has 0 aliphatic rings. The Kier molecular flexibility index (Phi) is 4.90. The van der Waals surface area contributed by atoms with Gasteiger partial charge in [0.25, 0.3) is 5.69 Å². The largest absolute Gasteiger partial charge is 0.457 e. The average Bonchev–Trinajstić information content (AvgIpc) is 2.49. The van der Waals surface area contributed by atoms with Crippen molar-refractivity contribution in [3.8, 4) is 11.5 Å². The van der Waals surface area contributed by atoms with Gasteiger partial charge < -0.3 is 10.1 Å². The number of ether oxygens (including phenoxy) is 1. The molecule has 0 heterocycles. The molecule has 21 heavy (non-hydrogen) atoms. The van der Waals surface area contributed by atoms with Crippen molar-refractivity contribution in [1.82, 2.24) is 5.32 Å². The first kappa shape index (κ1) is 15.0. The van der Waals surface area contributed by atoms with E-state index in [1.165, 1.54) is 12.1 Å². The van der Waals surface area contributed by atoms with Crippen molar-refractivity contribution in [2.45, 2.75) is 19.4 Å². The molecule has 0 aliphatic carbocycles. The van der Waals surface area contributed by atoms with Gasteiger partial charge in [-0.05, 0) is 43.3 Å². The number of rotatable bonds is 6. The van der Waals surface area contributed by atoms with Gasteiger partial charge >= 0.3 is 0 Å². The highest BCUT2D eigenvalue weighted by Crippen LogP contribution is 2.26. The standard InChI is InChI=1S/C16H18N2O3/c1-3-16(17-2)12-5-4-6-15(11-12)21-14-9-7-13(8-10-14)18(19)20/h4-11,16-17H,3H2,1-2H3. The lowest BCUT2D eigenvalue weighted by Crippen LogP contribution is -2.14. The molecule has 2 aromatic carbocycles. The fraction of sp³-hybridized carbons (Fsp3) is 0.250. The van der Waals surface area contributed by atoms with Crippen molar-refractivity contribution in [2.24, 2.45) is 0 Å². The minimum Gasteiger partial charge on any atom is -0.457 e. The topological polar surface area (TPSA) is 64.4 Å². The molecule has 0 saturated heterocycles. The Bertz CT molecular complexity index is 607. The number of hydrogen-bond acceptors (Lipinski definition) is 4. The lowest BCUT2D eigenvalue weighted by atomic mass is 10.0. The van der Waals surface area contributed by atoms with E-state index in [2.05, 4.69) is 12.2 Å². The highest BCUT2D eigenvalue weighted by molar-refractivity contribution is 5.39. The molecule has 0 radical (unpaired) electrons. The minimum absolute atomic E-state index is 0.0531. The minimum atomic E-state index is -0.427. The van der Waals surface area contributed by atoms with Gasteiger partial charge in [-0.2, -0.15) is 0 Å². The van der Waals surface area contributed by atoms with Crippen LogP contribution in [0.4, 0.5) is 5.69 Å². The Balaban J connectivity index is 2.15. The molecule has 1 unspecified atom stereocenters. The first-order valence-electron chi connectivity index (χ1n) is 6.83. The summed E-state index contributed by atoms with van der Waals surface area (Å²) in [6.45, 7) is 2.12. The molecular formula is C16H18N2O3. The van der Waals surface area contributed by atoms with Gasteiger partial charge in [-0.15, -0.1) is 0 Å². The van der Waals surface area contributed by atoms with Crippen molar-refractivity contribution in [3.63, 3.8) is 0 Å². The van der Waals surface area contributed by atoms with Crippen molar-refractivity contribution in [2.75, 3.05) is 7.05 Å². The van der Waals surface area contributed by atoms with Gasteiger partial charge in [-0.1, -0.05) is 19.1 Å². The average molecular weight is 286 g/mol. The summed E-state index contributed by atoms with van der Waals surface area (Å²) in [6, 6.07) is 14.2. The zero-order chi connectivity index (χ0) is 15.2. The third kappa shape index (κ3) is 3.79. The Morgan fingerprint density at radius 3 is 2.48 bits per heavy atom. The second-order valence-electron chi connectivity index (χ2n) is 4.68. The van der Waals surface area contributed by atoms with Crippen molar-refractivity contribution >= 4 is 5.69 Å². The van der Waals surface area contributed by atoms with E-state index >= 15 is 0 Å². The maximum absolute atomic E-state index is 10.6. The van der Waals surface area contributed by atoms with Crippen molar-refractivity contribution in [1.29, 1.82) is 0 Å². The Hall–Kier alpha value is -2.40. The molecule has 0 bridgehead atoms. The van der Waals surface area contributed by atoms with Crippen LogP contribution < -0.4 is 10.1 Å². The molecule has 2 aromatic rings. The molecule has 0 saturated carbocycles. The van der Waals surface area contributed by atoms with Crippen molar-refractivity contribution in [3.05, 3.63) is 64.2 Å². The molecule has 5 heteroatoms. The van der Waals surface area contributed by atoms with E-state index in [1.54, 1.807) is 12.1 Å². The van der Waals surface area contributed by atoms with E-state index in [9.17, 15) is 10.1 Å². The van der Waals surface area contributed by atoms with Crippen LogP contribution in [0.3, 0.4) is 0 Å². The summed E-state index contributed by atoms with van der Waals surface area (Å²) in [4.78, 5) is 10.2. The van der Waals surface area contributed by atoms with Gasteiger partial charge in [0.15, 0.2) is 0 Å². The third-order valence-electron chi connectivity index (χ3n) is 3.30. The summed E-state index contributed by atoms with van der Waals surface area (Å²) in [6.07, 6.45) is 0.984. The van der Waals surface area contributed by atoms with Crippen LogP contribution in [0.2, 0.25) is 0 Å². The second-order valence-corrected chi connectivity index (χ2v) is 4.68. The van der Waals surface area contributed by atoms with E-state index in [0.717, 1.165) is 17.7 Å². The van der Waals surface area contributed by atoms with Crippen LogP contribution in [0.5, 0.6) is 11.5 Å².